The normalized spacial score (nSPS) is 12.4. The summed E-state index contributed by atoms with van der Waals surface area (Å²) in [7, 11) is 0. The first kappa shape index (κ1) is 10.3. The third kappa shape index (κ3) is 2.42. The zero-order valence-corrected chi connectivity index (χ0v) is 9.98. The maximum absolute atomic E-state index is 4.27. The molecule has 0 N–H and O–H groups in total. The van der Waals surface area contributed by atoms with Gasteiger partial charge in [0.1, 0.15) is 10.9 Å². The summed E-state index contributed by atoms with van der Waals surface area (Å²) in [6.45, 7) is 2.14. The first-order valence-electron chi connectivity index (χ1n) is 4.80. The van der Waals surface area contributed by atoms with Gasteiger partial charge in [-0.3, -0.25) is 0 Å². The number of halogens is 1. The van der Waals surface area contributed by atoms with Crippen LogP contribution in [0.4, 0.5) is 0 Å². The monoisotopic (exact) mass is 262 g/mol. The minimum Gasteiger partial charge on any atom is -0.241 e. The Morgan fingerprint density at radius 1 is 1.13 bits per heavy atom. The van der Waals surface area contributed by atoms with Gasteiger partial charge in [0.05, 0.1) is 5.69 Å². The van der Waals surface area contributed by atoms with Gasteiger partial charge in [-0.25, -0.2) is 9.97 Å². The second kappa shape index (κ2) is 4.53. The van der Waals surface area contributed by atoms with Crippen LogP contribution in [0, 0.1) is 0 Å². The highest BCUT2D eigenvalue weighted by Crippen LogP contribution is 2.22. The molecule has 0 unspecified atom stereocenters. The zero-order chi connectivity index (χ0) is 10.7. The number of rotatable bonds is 2. The number of hydrogen-bond acceptors (Lipinski definition) is 2. The van der Waals surface area contributed by atoms with Gasteiger partial charge < -0.3 is 0 Å². The summed E-state index contributed by atoms with van der Waals surface area (Å²) in [5, 5.41) is 0. The molecule has 15 heavy (non-hydrogen) atoms. The van der Waals surface area contributed by atoms with E-state index in [2.05, 4.69) is 45.0 Å². The molecule has 0 aliphatic heterocycles. The minimum absolute atomic E-state index is 0.297. The van der Waals surface area contributed by atoms with Crippen molar-refractivity contribution in [1.29, 1.82) is 0 Å². The molecule has 0 fully saturated rings. The lowest BCUT2D eigenvalue weighted by Gasteiger charge is -2.10. The van der Waals surface area contributed by atoms with Crippen LogP contribution in [0.5, 0.6) is 0 Å². The van der Waals surface area contributed by atoms with E-state index in [9.17, 15) is 0 Å². The summed E-state index contributed by atoms with van der Waals surface area (Å²) in [4.78, 5) is 8.30. The SMILES string of the molecule is C[C@@H](c1ccccc1)c1cc(Br)ncn1. The molecule has 2 aromatic rings. The van der Waals surface area contributed by atoms with Gasteiger partial charge in [-0.15, -0.1) is 0 Å². The third-order valence-electron chi connectivity index (χ3n) is 2.40. The van der Waals surface area contributed by atoms with Crippen LogP contribution in [0.15, 0.2) is 47.3 Å². The van der Waals surface area contributed by atoms with Crippen LogP contribution in [0.3, 0.4) is 0 Å². The van der Waals surface area contributed by atoms with Crippen molar-refractivity contribution in [3.8, 4) is 0 Å². The molecule has 0 spiro atoms. The van der Waals surface area contributed by atoms with E-state index < -0.39 is 0 Å². The number of benzene rings is 1. The molecule has 1 aromatic heterocycles. The van der Waals surface area contributed by atoms with Gasteiger partial charge in [0.25, 0.3) is 0 Å². The van der Waals surface area contributed by atoms with Crippen molar-refractivity contribution in [3.63, 3.8) is 0 Å². The van der Waals surface area contributed by atoms with E-state index in [-0.39, 0.29) is 0 Å². The molecule has 1 atom stereocenters. The summed E-state index contributed by atoms with van der Waals surface area (Å²) >= 11 is 3.35. The Morgan fingerprint density at radius 2 is 1.87 bits per heavy atom. The predicted molar refractivity (Wildman–Crippen MR) is 63.7 cm³/mol. The lowest BCUT2D eigenvalue weighted by Crippen LogP contribution is -1.99. The molecule has 0 bridgehead atoms. The topological polar surface area (TPSA) is 25.8 Å². The van der Waals surface area contributed by atoms with Gasteiger partial charge in [0.2, 0.25) is 0 Å². The van der Waals surface area contributed by atoms with Crippen LogP contribution in [0.25, 0.3) is 0 Å². The van der Waals surface area contributed by atoms with E-state index in [1.807, 2.05) is 24.3 Å². The highest BCUT2D eigenvalue weighted by atomic mass is 79.9. The summed E-state index contributed by atoms with van der Waals surface area (Å²) in [5.74, 6) is 0.297. The predicted octanol–water partition coefficient (Wildman–Crippen LogP) is 3.39. The molecule has 0 saturated heterocycles. The van der Waals surface area contributed by atoms with Crippen LogP contribution >= 0.6 is 15.9 Å². The van der Waals surface area contributed by atoms with Crippen molar-refractivity contribution in [1.82, 2.24) is 9.97 Å². The van der Waals surface area contributed by atoms with Crippen molar-refractivity contribution in [2.24, 2.45) is 0 Å². The van der Waals surface area contributed by atoms with Gasteiger partial charge in [-0.2, -0.15) is 0 Å². The Balaban J connectivity index is 2.32. The fraction of sp³-hybridized carbons (Fsp3) is 0.167. The first-order chi connectivity index (χ1) is 7.27. The molecule has 3 heteroatoms. The highest BCUT2D eigenvalue weighted by Gasteiger charge is 2.09. The fourth-order valence-corrected chi connectivity index (χ4v) is 1.82. The van der Waals surface area contributed by atoms with Gasteiger partial charge in [0.15, 0.2) is 0 Å². The number of hydrogen-bond donors (Lipinski definition) is 0. The molecule has 76 valence electrons. The lowest BCUT2D eigenvalue weighted by molar-refractivity contribution is 0.855. The van der Waals surface area contributed by atoms with Gasteiger partial charge in [-0.1, -0.05) is 37.3 Å². The Hall–Kier alpha value is -1.22. The smallest absolute Gasteiger partial charge is 0.116 e. The van der Waals surface area contributed by atoms with Crippen molar-refractivity contribution < 1.29 is 0 Å². The molecule has 0 amide bonds. The van der Waals surface area contributed by atoms with Crippen LogP contribution < -0.4 is 0 Å². The average molecular weight is 263 g/mol. The number of aromatic nitrogens is 2. The molecule has 0 saturated carbocycles. The van der Waals surface area contributed by atoms with E-state index in [0.717, 1.165) is 10.3 Å². The Bertz CT molecular complexity index is 442. The van der Waals surface area contributed by atoms with E-state index in [4.69, 9.17) is 0 Å². The van der Waals surface area contributed by atoms with E-state index in [1.165, 1.54) is 5.56 Å². The largest absolute Gasteiger partial charge is 0.241 e. The van der Waals surface area contributed by atoms with Crippen LogP contribution in [0.2, 0.25) is 0 Å². The highest BCUT2D eigenvalue weighted by molar-refractivity contribution is 9.10. The Kier molecular flexibility index (Phi) is 3.11. The molecule has 2 rings (SSSR count). The van der Waals surface area contributed by atoms with Crippen LogP contribution in [-0.2, 0) is 0 Å². The Morgan fingerprint density at radius 3 is 2.53 bits per heavy atom. The zero-order valence-electron chi connectivity index (χ0n) is 8.39. The van der Waals surface area contributed by atoms with E-state index >= 15 is 0 Å². The molecule has 2 nitrogen and oxygen atoms in total. The van der Waals surface area contributed by atoms with Crippen LogP contribution in [-0.4, -0.2) is 9.97 Å². The van der Waals surface area contributed by atoms with Gasteiger partial charge in [0, 0.05) is 5.92 Å². The van der Waals surface area contributed by atoms with Gasteiger partial charge in [-0.05, 0) is 27.6 Å². The quantitative estimate of drug-likeness (QED) is 0.776. The van der Waals surface area contributed by atoms with Crippen molar-refractivity contribution >= 4 is 15.9 Å². The summed E-state index contributed by atoms with van der Waals surface area (Å²) < 4.78 is 0.829. The van der Waals surface area contributed by atoms with Crippen LogP contribution in [0.1, 0.15) is 24.1 Å². The molecule has 0 radical (unpaired) electrons. The lowest BCUT2D eigenvalue weighted by atomic mass is 9.98. The summed E-state index contributed by atoms with van der Waals surface area (Å²) in [6.07, 6.45) is 1.58. The van der Waals surface area contributed by atoms with Crippen molar-refractivity contribution in [2.45, 2.75) is 12.8 Å². The first-order valence-corrected chi connectivity index (χ1v) is 5.59. The summed E-state index contributed by atoms with van der Waals surface area (Å²) in [5.41, 5.74) is 2.30. The standard InChI is InChI=1S/C12H11BrN2/c1-9(10-5-3-2-4-6-10)11-7-12(13)15-8-14-11/h2-9H,1H3/t9-/m0/s1. The molecule has 0 aliphatic carbocycles. The van der Waals surface area contributed by atoms with Gasteiger partial charge >= 0.3 is 0 Å². The second-order valence-corrected chi connectivity index (χ2v) is 4.21. The minimum atomic E-state index is 0.297. The van der Waals surface area contributed by atoms with E-state index in [1.54, 1.807) is 6.33 Å². The fourth-order valence-electron chi connectivity index (χ4n) is 1.50. The van der Waals surface area contributed by atoms with Crippen molar-refractivity contribution in [2.75, 3.05) is 0 Å². The Labute approximate surface area is 97.5 Å². The molecule has 1 aromatic carbocycles. The molecule has 1 heterocycles. The molecular weight excluding hydrogens is 252 g/mol. The maximum Gasteiger partial charge on any atom is 0.116 e. The third-order valence-corrected chi connectivity index (χ3v) is 2.83. The number of nitrogens with zero attached hydrogens (tertiary/aromatic N) is 2. The van der Waals surface area contributed by atoms with E-state index in [0.29, 0.717) is 5.92 Å². The summed E-state index contributed by atoms with van der Waals surface area (Å²) in [6, 6.07) is 12.3. The average Bonchev–Trinajstić information content (AvgIpc) is 2.29. The second-order valence-electron chi connectivity index (χ2n) is 3.40. The van der Waals surface area contributed by atoms with Crippen molar-refractivity contribution in [3.05, 3.63) is 58.6 Å². The molecular formula is C12H11BrN2. The molecule has 0 aliphatic rings. The maximum atomic E-state index is 4.27.